The highest BCUT2D eigenvalue weighted by Crippen LogP contribution is 2.38. The predicted molar refractivity (Wildman–Crippen MR) is 60.4 cm³/mol. The molecule has 2 aliphatic rings. The van der Waals surface area contributed by atoms with Gasteiger partial charge in [0.2, 0.25) is 0 Å². The lowest BCUT2D eigenvalue weighted by Crippen LogP contribution is -2.36. The Morgan fingerprint density at radius 2 is 2.06 bits per heavy atom. The third kappa shape index (κ3) is 1.78. The van der Waals surface area contributed by atoms with Gasteiger partial charge >= 0.3 is 0 Å². The van der Waals surface area contributed by atoms with Gasteiger partial charge < -0.3 is 9.62 Å². The van der Waals surface area contributed by atoms with E-state index in [4.69, 9.17) is 14.5 Å². The fourth-order valence-corrected chi connectivity index (χ4v) is 2.25. The minimum Gasteiger partial charge on any atom is -0.487 e. The molecule has 4 nitrogen and oxygen atoms in total. The molecule has 0 atom stereocenters. The van der Waals surface area contributed by atoms with Crippen molar-refractivity contribution in [1.29, 1.82) is 0 Å². The van der Waals surface area contributed by atoms with Crippen LogP contribution in [0.1, 0.15) is 36.2 Å². The number of benzene rings is 1. The molecule has 0 spiro atoms. The van der Waals surface area contributed by atoms with Crippen molar-refractivity contribution < 1.29 is 19.3 Å². The smallest absolute Gasteiger partial charge is 0.170 e. The van der Waals surface area contributed by atoms with Gasteiger partial charge in [0.05, 0.1) is 18.6 Å². The minimum atomic E-state index is -0.426. The van der Waals surface area contributed by atoms with Crippen molar-refractivity contribution in [3.8, 4) is 11.5 Å². The maximum absolute atomic E-state index is 12.0. The zero-order chi connectivity index (χ0) is 12.0. The minimum absolute atomic E-state index is 0.0909. The molecule has 0 radical (unpaired) electrons. The summed E-state index contributed by atoms with van der Waals surface area (Å²) in [6.07, 6.45) is 1.17. The van der Waals surface area contributed by atoms with Crippen LogP contribution in [0, 0.1) is 0 Å². The lowest BCUT2D eigenvalue weighted by molar-refractivity contribution is -0.215. The zero-order valence-electron chi connectivity index (χ0n) is 9.91. The van der Waals surface area contributed by atoms with Crippen molar-refractivity contribution in [2.75, 3.05) is 6.61 Å². The van der Waals surface area contributed by atoms with Gasteiger partial charge in [0.15, 0.2) is 11.5 Å². The second kappa shape index (κ2) is 3.47. The van der Waals surface area contributed by atoms with Crippen LogP contribution in [-0.2, 0) is 11.3 Å². The van der Waals surface area contributed by atoms with E-state index in [1.165, 1.54) is 0 Å². The Balaban J connectivity index is 2.10. The Bertz CT molecular complexity index is 490. The molecule has 0 aromatic heterocycles. The summed E-state index contributed by atoms with van der Waals surface area (Å²) in [4.78, 5) is 22.0. The van der Waals surface area contributed by atoms with Crippen LogP contribution in [0.2, 0.25) is 0 Å². The second-order valence-electron chi connectivity index (χ2n) is 5.07. The topological polar surface area (TPSA) is 44.8 Å². The maximum atomic E-state index is 12.0. The molecule has 0 amide bonds. The summed E-state index contributed by atoms with van der Waals surface area (Å²) in [6.45, 7) is 4.38. The largest absolute Gasteiger partial charge is 0.487 e. The molecule has 0 unspecified atom stereocenters. The lowest BCUT2D eigenvalue weighted by Gasteiger charge is -2.32. The highest BCUT2D eigenvalue weighted by atomic mass is 17.2. The summed E-state index contributed by atoms with van der Waals surface area (Å²) in [5.74, 6) is 1.38. The number of carbonyl (C=O) groups is 1. The van der Waals surface area contributed by atoms with E-state index >= 15 is 0 Å². The van der Waals surface area contributed by atoms with E-state index in [0.29, 0.717) is 30.1 Å². The first-order valence-corrected chi connectivity index (χ1v) is 5.74. The van der Waals surface area contributed by atoms with Crippen molar-refractivity contribution in [1.82, 2.24) is 0 Å². The molecule has 3 rings (SSSR count). The summed E-state index contributed by atoms with van der Waals surface area (Å²) in [5.41, 5.74) is 1.19. The summed E-state index contributed by atoms with van der Waals surface area (Å²) >= 11 is 0. The molecule has 0 saturated carbocycles. The van der Waals surface area contributed by atoms with Crippen LogP contribution in [0.4, 0.5) is 0 Å². The first-order chi connectivity index (χ1) is 8.05. The average molecular weight is 234 g/mol. The zero-order valence-corrected chi connectivity index (χ0v) is 9.91. The highest BCUT2D eigenvalue weighted by Gasteiger charge is 2.33. The molecule has 1 aromatic rings. The van der Waals surface area contributed by atoms with Crippen LogP contribution in [0.3, 0.4) is 0 Å². The third-order valence-corrected chi connectivity index (χ3v) is 3.04. The number of hydrogen-bond acceptors (Lipinski definition) is 4. The molecular weight excluding hydrogens is 220 g/mol. The van der Waals surface area contributed by atoms with Gasteiger partial charge in [-0.1, -0.05) is 0 Å². The number of rotatable bonds is 0. The molecule has 17 heavy (non-hydrogen) atoms. The van der Waals surface area contributed by atoms with E-state index in [1.54, 1.807) is 6.07 Å². The monoisotopic (exact) mass is 234 g/mol. The number of fused-ring (bicyclic) bond motifs is 2. The molecule has 0 saturated heterocycles. The van der Waals surface area contributed by atoms with Crippen molar-refractivity contribution in [3.63, 3.8) is 0 Å². The first kappa shape index (κ1) is 10.6. The fraction of sp³-hybridized carbons (Fsp3) is 0.462. The molecule has 0 aliphatic carbocycles. The molecule has 2 heterocycles. The van der Waals surface area contributed by atoms with Gasteiger partial charge in [-0.2, -0.15) is 4.89 Å². The molecule has 2 aliphatic heterocycles. The van der Waals surface area contributed by atoms with Crippen LogP contribution in [0.5, 0.6) is 11.5 Å². The van der Waals surface area contributed by atoms with Gasteiger partial charge in [0.1, 0.15) is 11.4 Å². The lowest BCUT2D eigenvalue weighted by atomic mass is 9.91. The Labute approximate surface area is 99.4 Å². The van der Waals surface area contributed by atoms with Gasteiger partial charge in [-0.3, -0.25) is 4.79 Å². The summed E-state index contributed by atoms with van der Waals surface area (Å²) in [7, 11) is 0. The summed E-state index contributed by atoms with van der Waals surface area (Å²) in [6, 6.07) is 3.62. The van der Waals surface area contributed by atoms with Crippen molar-refractivity contribution >= 4 is 5.78 Å². The Morgan fingerprint density at radius 3 is 2.88 bits per heavy atom. The predicted octanol–water partition coefficient (Wildman–Crippen LogP) is 2.30. The summed E-state index contributed by atoms with van der Waals surface area (Å²) < 4.78 is 5.84. The van der Waals surface area contributed by atoms with Gasteiger partial charge in [-0.25, -0.2) is 0 Å². The fourth-order valence-electron chi connectivity index (χ4n) is 2.25. The van der Waals surface area contributed by atoms with Crippen LogP contribution in [-0.4, -0.2) is 18.0 Å². The SMILES string of the molecule is CC1(C)CC(=O)c2cc3c(cc2O1)CCOO3. The standard InChI is InChI=1S/C13H14O4/c1-13(2)7-10(14)9-6-11-8(3-4-15-17-11)5-12(9)16-13/h5-6H,3-4,7H2,1-2H3. The van der Waals surface area contributed by atoms with Crippen LogP contribution in [0.25, 0.3) is 0 Å². The van der Waals surface area contributed by atoms with Gasteiger partial charge in [0, 0.05) is 12.0 Å². The second-order valence-corrected chi connectivity index (χ2v) is 5.07. The molecule has 4 heteroatoms. The Kier molecular flexibility index (Phi) is 2.16. The number of carbonyl (C=O) groups excluding carboxylic acids is 1. The van der Waals surface area contributed by atoms with E-state index in [2.05, 4.69) is 0 Å². The maximum Gasteiger partial charge on any atom is 0.170 e. The molecule has 0 N–H and O–H groups in total. The Hall–Kier alpha value is -1.55. The van der Waals surface area contributed by atoms with E-state index in [0.717, 1.165) is 12.0 Å². The first-order valence-electron chi connectivity index (χ1n) is 5.74. The molecule has 90 valence electrons. The number of Topliss-reactive ketones (excluding diaryl/α,β-unsaturated/α-hetero) is 1. The van der Waals surface area contributed by atoms with Gasteiger partial charge in [0.25, 0.3) is 0 Å². The van der Waals surface area contributed by atoms with Crippen molar-refractivity contribution in [2.24, 2.45) is 0 Å². The van der Waals surface area contributed by atoms with Crippen molar-refractivity contribution in [3.05, 3.63) is 23.3 Å². The Morgan fingerprint density at radius 1 is 1.24 bits per heavy atom. The number of ether oxygens (including phenoxy) is 1. The van der Waals surface area contributed by atoms with Crippen LogP contribution >= 0.6 is 0 Å². The van der Waals surface area contributed by atoms with E-state index in [-0.39, 0.29) is 5.78 Å². The quantitative estimate of drug-likeness (QED) is 0.646. The van der Waals surface area contributed by atoms with Crippen LogP contribution < -0.4 is 9.62 Å². The van der Waals surface area contributed by atoms with Gasteiger partial charge in [-0.05, 0) is 26.0 Å². The van der Waals surface area contributed by atoms with Gasteiger partial charge in [-0.15, -0.1) is 0 Å². The molecule has 0 bridgehead atoms. The van der Waals surface area contributed by atoms with Crippen molar-refractivity contribution in [2.45, 2.75) is 32.3 Å². The normalized spacial score (nSPS) is 20.9. The average Bonchev–Trinajstić information content (AvgIpc) is 2.25. The molecule has 1 aromatic carbocycles. The summed E-state index contributed by atoms with van der Waals surface area (Å²) in [5, 5.41) is 0. The molecule has 0 fully saturated rings. The van der Waals surface area contributed by atoms with Crippen LogP contribution in [0.15, 0.2) is 12.1 Å². The highest BCUT2D eigenvalue weighted by molar-refractivity contribution is 6.00. The van der Waals surface area contributed by atoms with E-state index < -0.39 is 5.60 Å². The number of ketones is 1. The number of hydrogen-bond donors (Lipinski definition) is 0. The molecular formula is C13H14O4. The van der Waals surface area contributed by atoms with E-state index in [1.807, 2.05) is 19.9 Å². The van der Waals surface area contributed by atoms with E-state index in [9.17, 15) is 4.79 Å². The third-order valence-electron chi connectivity index (χ3n) is 3.04.